The van der Waals surface area contributed by atoms with Gasteiger partial charge in [0.2, 0.25) is 0 Å². The molecule has 0 heterocycles. The van der Waals surface area contributed by atoms with E-state index in [2.05, 4.69) is 0 Å². The van der Waals surface area contributed by atoms with Crippen molar-refractivity contribution >= 4 is 0 Å². The lowest BCUT2D eigenvalue weighted by Crippen LogP contribution is -1.66. The monoisotopic (exact) mass is 456 g/mol. The van der Waals surface area contributed by atoms with Crippen molar-refractivity contribution in [3.63, 3.8) is 0 Å². The largest absolute Gasteiger partial charge is 0.508 e. The highest BCUT2D eigenvalue weighted by Crippen LogP contribution is 2.24. The van der Waals surface area contributed by atoms with Crippen LogP contribution in [0.15, 0.2) is 91.0 Å². The Bertz CT molecular complexity index is 1000. The Morgan fingerprint density at radius 3 is 0.818 bits per heavy atom. The van der Waals surface area contributed by atoms with E-state index in [-0.39, 0.29) is 51.7 Å². The van der Waals surface area contributed by atoms with Crippen LogP contribution in [0.1, 0.15) is 0 Å². The second kappa shape index (κ2) is 13.4. The third-order valence-electron chi connectivity index (χ3n) is 3.45. The van der Waals surface area contributed by atoms with E-state index in [9.17, 15) is 0 Å². The maximum Gasteiger partial charge on any atom is 0.157 e. The molecule has 0 unspecified atom stereocenters. The quantitative estimate of drug-likeness (QED) is 0.139. The molecule has 0 bridgehead atoms. The highest BCUT2D eigenvalue weighted by molar-refractivity contribution is 5.39. The molecule has 4 rings (SSSR count). The van der Waals surface area contributed by atoms with Crippen LogP contribution in [0.2, 0.25) is 0 Å². The van der Waals surface area contributed by atoms with Crippen LogP contribution in [0.5, 0.6) is 51.7 Å². The normalized spacial score (nSPS) is 9.09. The topological polar surface area (TPSA) is 182 Å². The minimum absolute atomic E-state index is 0.0764. The van der Waals surface area contributed by atoms with Crippen LogP contribution in [0.3, 0.4) is 0 Å². The molecule has 9 heteroatoms. The van der Waals surface area contributed by atoms with E-state index < -0.39 is 0 Å². The Morgan fingerprint density at radius 1 is 0.273 bits per heavy atom. The molecule has 0 radical (unpaired) electrons. The molecule has 9 nitrogen and oxygen atoms in total. The summed E-state index contributed by atoms with van der Waals surface area (Å²) >= 11 is 0. The van der Waals surface area contributed by atoms with Crippen LogP contribution in [0.4, 0.5) is 0 Å². The number of phenolic OH excluding ortho intramolecular Hbond substituents is 9. The highest BCUT2D eigenvalue weighted by atomic mass is 16.3. The third kappa shape index (κ3) is 11.7. The molecule has 0 amide bonds. The Balaban J connectivity index is 0.000000220. The molecule has 0 saturated heterocycles. The molecule has 4 aromatic rings. The molecule has 174 valence electrons. The number of benzene rings is 4. The van der Waals surface area contributed by atoms with Crippen LogP contribution >= 0.6 is 0 Å². The SMILES string of the molecule is Oc1cc(O)cc(O)c1.Oc1ccc(O)cc1.Oc1cccc(O)c1.Oc1ccccc1O. The van der Waals surface area contributed by atoms with Gasteiger partial charge in [-0.1, -0.05) is 18.2 Å². The highest BCUT2D eigenvalue weighted by Gasteiger charge is 1.94. The lowest BCUT2D eigenvalue weighted by molar-refractivity contribution is 0.404. The molecule has 0 aromatic heterocycles. The Kier molecular flexibility index (Phi) is 10.6. The van der Waals surface area contributed by atoms with Gasteiger partial charge >= 0.3 is 0 Å². The first kappa shape index (κ1) is 26.1. The van der Waals surface area contributed by atoms with E-state index in [0.29, 0.717) is 0 Å². The van der Waals surface area contributed by atoms with Gasteiger partial charge in [-0.25, -0.2) is 0 Å². The lowest BCUT2D eigenvalue weighted by Gasteiger charge is -1.94. The summed E-state index contributed by atoms with van der Waals surface area (Å²) in [5.74, 6) is -0.0758. The van der Waals surface area contributed by atoms with E-state index in [1.807, 2.05) is 0 Å². The maximum atomic E-state index is 8.67. The molecule has 0 aliphatic rings. The van der Waals surface area contributed by atoms with E-state index in [1.165, 1.54) is 54.6 Å². The first-order valence-corrected chi connectivity index (χ1v) is 9.21. The van der Waals surface area contributed by atoms with Crippen molar-refractivity contribution in [2.24, 2.45) is 0 Å². The number of aromatic hydroxyl groups is 9. The fourth-order valence-electron chi connectivity index (χ4n) is 1.99. The van der Waals surface area contributed by atoms with Gasteiger partial charge in [-0.2, -0.15) is 0 Å². The first-order chi connectivity index (χ1) is 15.6. The molecular formula is C24H24O9. The smallest absolute Gasteiger partial charge is 0.157 e. The average Bonchev–Trinajstić information content (AvgIpc) is 2.73. The predicted molar refractivity (Wildman–Crippen MR) is 121 cm³/mol. The van der Waals surface area contributed by atoms with Gasteiger partial charge in [0.25, 0.3) is 0 Å². The first-order valence-electron chi connectivity index (χ1n) is 9.21. The van der Waals surface area contributed by atoms with Crippen molar-refractivity contribution in [1.29, 1.82) is 0 Å². The number of para-hydroxylation sites is 2. The summed E-state index contributed by atoms with van der Waals surface area (Å²) in [6.45, 7) is 0. The summed E-state index contributed by atoms with van der Waals surface area (Å²) in [5, 5.41) is 78.0. The molecule has 0 fully saturated rings. The average molecular weight is 456 g/mol. The Hall–Kier alpha value is -4.92. The second-order valence-corrected chi connectivity index (χ2v) is 6.23. The van der Waals surface area contributed by atoms with Crippen molar-refractivity contribution < 1.29 is 46.0 Å². The molecule has 4 aromatic carbocycles. The van der Waals surface area contributed by atoms with Gasteiger partial charge in [-0.05, 0) is 48.5 Å². The zero-order valence-corrected chi connectivity index (χ0v) is 17.2. The van der Waals surface area contributed by atoms with Crippen LogP contribution in [0.25, 0.3) is 0 Å². The molecule has 0 aliphatic heterocycles. The van der Waals surface area contributed by atoms with Gasteiger partial charge in [0.05, 0.1) is 0 Å². The zero-order valence-electron chi connectivity index (χ0n) is 17.2. The second-order valence-electron chi connectivity index (χ2n) is 6.23. The van der Waals surface area contributed by atoms with Gasteiger partial charge < -0.3 is 46.0 Å². The summed E-state index contributed by atoms with van der Waals surface area (Å²) in [5.41, 5.74) is 0. The van der Waals surface area contributed by atoms with Crippen molar-refractivity contribution in [2.45, 2.75) is 0 Å². The standard InChI is InChI=1S/C6H6O3.3C6H6O2/c7-4-1-5(8)3-6(9)2-4;7-5-1-2-6(8)4-3-5;7-5-2-1-3-6(8)4-5;7-5-3-1-2-4-6(5)8/h1-3,7-9H;3*1-4,7-8H. The zero-order chi connectivity index (χ0) is 24.8. The fourth-order valence-corrected chi connectivity index (χ4v) is 1.99. The summed E-state index contributed by atoms with van der Waals surface area (Å²) in [6.07, 6.45) is 0. The van der Waals surface area contributed by atoms with Crippen molar-refractivity contribution in [2.75, 3.05) is 0 Å². The van der Waals surface area contributed by atoms with Gasteiger partial charge in [-0.3, -0.25) is 0 Å². The van der Waals surface area contributed by atoms with E-state index in [1.54, 1.807) is 18.2 Å². The molecule has 9 N–H and O–H groups in total. The summed E-state index contributed by atoms with van der Waals surface area (Å²) in [6, 6.07) is 21.1. The van der Waals surface area contributed by atoms with Gasteiger partial charge in [-0.15, -0.1) is 0 Å². The van der Waals surface area contributed by atoms with Crippen LogP contribution in [-0.2, 0) is 0 Å². The number of hydrogen-bond acceptors (Lipinski definition) is 9. The van der Waals surface area contributed by atoms with Crippen LogP contribution in [-0.4, -0.2) is 46.0 Å². The number of phenols is 9. The van der Waals surface area contributed by atoms with Crippen molar-refractivity contribution in [1.82, 2.24) is 0 Å². The molecular weight excluding hydrogens is 432 g/mol. The molecule has 0 atom stereocenters. The summed E-state index contributed by atoms with van der Waals surface area (Å²) in [4.78, 5) is 0. The van der Waals surface area contributed by atoms with Crippen molar-refractivity contribution in [3.05, 3.63) is 91.0 Å². The Morgan fingerprint density at radius 2 is 0.576 bits per heavy atom. The minimum Gasteiger partial charge on any atom is -0.508 e. The van der Waals surface area contributed by atoms with Gasteiger partial charge in [0.1, 0.15) is 40.2 Å². The summed E-state index contributed by atoms with van der Waals surface area (Å²) in [7, 11) is 0. The maximum absolute atomic E-state index is 8.67. The van der Waals surface area contributed by atoms with E-state index >= 15 is 0 Å². The molecule has 0 spiro atoms. The van der Waals surface area contributed by atoms with E-state index in [4.69, 9.17) is 46.0 Å². The predicted octanol–water partition coefficient (Wildman–Crippen LogP) is 4.10. The molecule has 0 saturated carbocycles. The number of hydrogen-bond donors (Lipinski definition) is 9. The minimum atomic E-state index is -0.146. The Labute approximate surface area is 189 Å². The van der Waals surface area contributed by atoms with Crippen LogP contribution in [0, 0.1) is 0 Å². The molecule has 33 heavy (non-hydrogen) atoms. The summed E-state index contributed by atoms with van der Waals surface area (Å²) < 4.78 is 0. The van der Waals surface area contributed by atoms with E-state index in [0.717, 1.165) is 18.2 Å². The van der Waals surface area contributed by atoms with Gasteiger partial charge in [0, 0.05) is 24.3 Å². The molecule has 0 aliphatic carbocycles. The fraction of sp³-hybridized carbons (Fsp3) is 0. The third-order valence-corrected chi connectivity index (χ3v) is 3.45. The van der Waals surface area contributed by atoms with Crippen LogP contribution < -0.4 is 0 Å². The van der Waals surface area contributed by atoms with Crippen molar-refractivity contribution in [3.8, 4) is 51.7 Å². The number of rotatable bonds is 0. The van der Waals surface area contributed by atoms with Gasteiger partial charge in [0.15, 0.2) is 11.5 Å². The lowest BCUT2D eigenvalue weighted by atomic mass is 10.3.